The van der Waals surface area contributed by atoms with Gasteiger partial charge in [0, 0.05) is 11.0 Å². The van der Waals surface area contributed by atoms with E-state index in [4.69, 9.17) is 5.11 Å². The minimum Gasteiger partial charge on any atom is -0.478 e. The van der Waals surface area contributed by atoms with Crippen LogP contribution in [0, 0.1) is 6.92 Å². The minimum atomic E-state index is -3.66. The predicted molar refractivity (Wildman–Crippen MR) is 59.8 cm³/mol. The molecule has 86 valence electrons. The Kier molecular flexibility index (Phi) is 3.49. The van der Waals surface area contributed by atoms with E-state index in [2.05, 4.69) is 0 Å². The van der Waals surface area contributed by atoms with Gasteiger partial charge in [0.2, 0.25) is 0 Å². The summed E-state index contributed by atoms with van der Waals surface area (Å²) >= 11 is 0. The van der Waals surface area contributed by atoms with Crippen molar-refractivity contribution in [2.24, 2.45) is 0 Å². The average molecular weight is 240 g/mol. The highest BCUT2D eigenvalue weighted by Gasteiger charge is 2.13. The maximum Gasteiger partial charge on any atom is 0.331 e. The van der Waals surface area contributed by atoms with Gasteiger partial charge >= 0.3 is 5.97 Å². The maximum atomic E-state index is 11.7. The van der Waals surface area contributed by atoms with E-state index in [1.165, 1.54) is 19.1 Å². The van der Waals surface area contributed by atoms with E-state index in [-0.39, 0.29) is 10.5 Å². The summed E-state index contributed by atoms with van der Waals surface area (Å²) in [5.41, 5.74) is 0.735. The lowest BCUT2D eigenvalue weighted by Crippen LogP contribution is -2.02. The highest BCUT2D eigenvalue weighted by molar-refractivity contribution is 7.94. The second kappa shape index (κ2) is 4.49. The summed E-state index contributed by atoms with van der Waals surface area (Å²) in [5.74, 6) is -1.24. The van der Waals surface area contributed by atoms with Crippen LogP contribution < -0.4 is 0 Å². The second-order valence-corrected chi connectivity index (χ2v) is 5.26. The third-order valence-electron chi connectivity index (χ3n) is 2.02. The quantitative estimate of drug-likeness (QED) is 0.817. The fraction of sp³-hybridized carbons (Fsp3) is 0.182. The highest BCUT2D eigenvalue weighted by atomic mass is 32.2. The van der Waals surface area contributed by atoms with E-state index in [0.717, 1.165) is 11.0 Å². The molecule has 0 amide bonds. The summed E-state index contributed by atoms with van der Waals surface area (Å²) in [6.45, 7) is 3.09. The molecule has 0 fully saturated rings. The summed E-state index contributed by atoms with van der Waals surface area (Å²) in [6, 6.07) is 6.24. The molecule has 1 rings (SSSR count). The second-order valence-electron chi connectivity index (χ2n) is 3.46. The van der Waals surface area contributed by atoms with Gasteiger partial charge in [0.1, 0.15) is 0 Å². The molecule has 0 aliphatic carbocycles. The largest absolute Gasteiger partial charge is 0.478 e. The molecule has 5 heteroatoms. The van der Waals surface area contributed by atoms with E-state index in [0.29, 0.717) is 0 Å². The topological polar surface area (TPSA) is 71.4 Å². The molecule has 0 radical (unpaired) electrons. The van der Waals surface area contributed by atoms with Crippen molar-refractivity contribution in [1.29, 1.82) is 0 Å². The summed E-state index contributed by atoms with van der Waals surface area (Å²) in [4.78, 5) is 10.6. The SMILES string of the molecule is CC(=CS(=O)(=O)c1ccc(C)cc1)C(=O)O. The predicted octanol–water partition coefficient (Wildman–Crippen LogP) is 1.76. The zero-order valence-corrected chi connectivity index (χ0v) is 9.78. The first-order chi connectivity index (χ1) is 7.33. The smallest absolute Gasteiger partial charge is 0.331 e. The van der Waals surface area contributed by atoms with Crippen molar-refractivity contribution in [1.82, 2.24) is 0 Å². The van der Waals surface area contributed by atoms with Gasteiger partial charge < -0.3 is 5.11 Å². The van der Waals surface area contributed by atoms with Crippen LogP contribution >= 0.6 is 0 Å². The molecule has 0 spiro atoms. The molecular weight excluding hydrogens is 228 g/mol. The number of aliphatic carboxylic acids is 1. The van der Waals surface area contributed by atoms with E-state index in [9.17, 15) is 13.2 Å². The minimum absolute atomic E-state index is 0.0960. The van der Waals surface area contributed by atoms with Crippen LogP contribution in [0.2, 0.25) is 0 Å². The van der Waals surface area contributed by atoms with E-state index >= 15 is 0 Å². The average Bonchev–Trinajstić information content (AvgIpc) is 2.17. The number of carboxylic acid groups (broad SMARTS) is 1. The number of carbonyl (C=O) groups is 1. The number of rotatable bonds is 3. The first kappa shape index (κ1) is 12.4. The fourth-order valence-corrected chi connectivity index (χ4v) is 2.30. The Morgan fingerprint density at radius 3 is 2.19 bits per heavy atom. The van der Waals surface area contributed by atoms with Gasteiger partial charge in [-0.15, -0.1) is 0 Å². The Balaban J connectivity index is 3.18. The van der Waals surface area contributed by atoms with Crippen molar-refractivity contribution in [3.05, 3.63) is 40.8 Å². The number of hydrogen-bond donors (Lipinski definition) is 1. The zero-order chi connectivity index (χ0) is 12.3. The van der Waals surface area contributed by atoms with Crippen LogP contribution in [0.5, 0.6) is 0 Å². The molecule has 4 nitrogen and oxygen atoms in total. The van der Waals surface area contributed by atoms with Crippen molar-refractivity contribution in [2.45, 2.75) is 18.7 Å². The van der Waals surface area contributed by atoms with Crippen LogP contribution in [-0.2, 0) is 14.6 Å². The van der Waals surface area contributed by atoms with Gasteiger partial charge in [-0.25, -0.2) is 13.2 Å². The maximum absolute atomic E-state index is 11.7. The lowest BCUT2D eigenvalue weighted by Gasteiger charge is -2.00. The number of aryl methyl sites for hydroxylation is 1. The summed E-state index contributed by atoms with van der Waals surface area (Å²) < 4.78 is 23.4. The Hall–Kier alpha value is -1.62. The number of hydrogen-bond acceptors (Lipinski definition) is 3. The third kappa shape index (κ3) is 2.93. The number of sulfone groups is 1. The first-order valence-corrected chi connectivity index (χ1v) is 6.11. The lowest BCUT2D eigenvalue weighted by molar-refractivity contribution is -0.132. The van der Waals surface area contributed by atoms with Crippen LogP contribution in [0.25, 0.3) is 0 Å². The van der Waals surface area contributed by atoms with Crippen LogP contribution in [0.3, 0.4) is 0 Å². The van der Waals surface area contributed by atoms with Crippen LogP contribution in [0.4, 0.5) is 0 Å². The van der Waals surface area contributed by atoms with Gasteiger partial charge in [-0.1, -0.05) is 17.7 Å². The fourth-order valence-electron chi connectivity index (χ4n) is 1.08. The molecule has 1 N–H and O–H groups in total. The van der Waals surface area contributed by atoms with Crippen LogP contribution in [0.1, 0.15) is 12.5 Å². The Labute approximate surface area is 94.1 Å². The molecule has 1 aromatic carbocycles. The molecule has 0 heterocycles. The molecule has 16 heavy (non-hydrogen) atoms. The van der Waals surface area contributed by atoms with E-state index in [1.54, 1.807) is 12.1 Å². The molecule has 0 aliphatic heterocycles. The molecule has 0 aromatic heterocycles. The van der Waals surface area contributed by atoms with Crippen molar-refractivity contribution in [3.8, 4) is 0 Å². The van der Waals surface area contributed by atoms with E-state index in [1.807, 2.05) is 6.92 Å². The molecule has 0 saturated heterocycles. The van der Waals surface area contributed by atoms with Crippen LogP contribution in [0.15, 0.2) is 40.1 Å². The molecule has 0 atom stereocenters. The number of carboxylic acids is 1. The summed E-state index contributed by atoms with van der Waals surface area (Å²) in [6.07, 6.45) is 0. The molecule has 0 aliphatic rings. The monoisotopic (exact) mass is 240 g/mol. The third-order valence-corrected chi connectivity index (χ3v) is 3.61. The van der Waals surface area contributed by atoms with Gasteiger partial charge in [0.05, 0.1) is 4.90 Å². The van der Waals surface area contributed by atoms with Crippen molar-refractivity contribution < 1.29 is 18.3 Å². The van der Waals surface area contributed by atoms with Crippen molar-refractivity contribution in [3.63, 3.8) is 0 Å². The lowest BCUT2D eigenvalue weighted by atomic mass is 10.2. The molecule has 0 unspecified atom stereocenters. The molecule has 0 bridgehead atoms. The first-order valence-electron chi connectivity index (χ1n) is 4.56. The Bertz CT molecular complexity index is 524. The normalized spacial score (nSPS) is 12.5. The van der Waals surface area contributed by atoms with Crippen LogP contribution in [-0.4, -0.2) is 19.5 Å². The van der Waals surface area contributed by atoms with Crippen molar-refractivity contribution in [2.75, 3.05) is 0 Å². The van der Waals surface area contributed by atoms with Gasteiger partial charge in [0.15, 0.2) is 9.84 Å². The highest BCUT2D eigenvalue weighted by Crippen LogP contribution is 2.14. The van der Waals surface area contributed by atoms with Gasteiger partial charge in [-0.05, 0) is 26.0 Å². The van der Waals surface area contributed by atoms with Gasteiger partial charge in [0.25, 0.3) is 0 Å². The van der Waals surface area contributed by atoms with Gasteiger partial charge in [-0.3, -0.25) is 0 Å². The van der Waals surface area contributed by atoms with E-state index < -0.39 is 15.8 Å². The standard InChI is InChI=1S/C11H12O4S/c1-8-3-5-10(6-4-8)16(14,15)7-9(2)11(12)13/h3-7H,1-2H3,(H,12,13). The Morgan fingerprint density at radius 1 is 1.25 bits per heavy atom. The Morgan fingerprint density at radius 2 is 1.75 bits per heavy atom. The number of benzene rings is 1. The van der Waals surface area contributed by atoms with Gasteiger partial charge in [-0.2, -0.15) is 0 Å². The molecule has 1 aromatic rings. The summed E-state index contributed by atoms with van der Waals surface area (Å²) in [5, 5.41) is 9.37. The van der Waals surface area contributed by atoms with Crippen molar-refractivity contribution >= 4 is 15.8 Å². The zero-order valence-electron chi connectivity index (χ0n) is 8.97. The summed E-state index contributed by atoms with van der Waals surface area (Å²) in [7, 11) is -3.66. The molecule has 0 saturated carbocycles. The molecular formula is C11H12O4S.